The molecule has 1 aliphatic heterocycles. The van der Waals surface area contributed by atoms with Crippen molar-refractivity contribution in [3.63, 3.8) is 0 Å². The van der Waals surface area contributed by atoms with Crippen molar-refractivity contribution in [2.75, 3.05) is 25.2 Å². The van der Waals surface area contributed by atoms with Crippen LogP contribution in [0.1, 0.15) is 49.7 Å². The third-order valence-corrected chi connectivity index (χ3v) is 8.45. The number of carbonyl (C=O) groups excluding carboxylic acids is 2. The quantitative estimate of drug-likeness (QED) is 0.252. The van der Waals surface area contributed by atoms with Gasteiger partial charge in [-0.2, -0.15) is 11.8 Å². The lowest BCUT2D eigenvalue weighted by molar-refractivity contribution is -0.138. The van der Waals surface area contributed by atoms with E-state index in [0.717, 1.165) is 11.3 Å². The van der Waals surface area contributed by atoms with Crippen LogP contribution in [0.4, 0.5) is 0 Å². The van der Waals surface area contributed by atoms with Crippen molar-refractivity contribution in [3.8, 4) is 5.75 Å². The number of nitrogens with one attached hydrogen (secondary N) is 1. The molecule has 0 amide bonds. The predicted octanol–water partition coefficient (Wildman–Crippen LogP) is 6.11. The number of hydrogen-bond donors (Lipinski definition) is 1. The molecule has 0 saturated carbocycles. The van der Waals surface area contributed by atoms with Crippen molar-refractivity contribution in [1.82, 2.24) is 5.32 Å². The van der Waals surface area contributed by atoms with E-state index < -0.39 is 11.9 Å². The Labute approximate surface area is 241 Å². The molecule has 9 heteroatoms. The maximum absolute atomic E-state index is 13.9. The molecular weight excluding hydrogens is 550 g/mol. The van der Waals surface area contributed by atoms with Gasteiger partial charge in [0, 0.05) is 39.7 Å². The summed E-state index contributed by atoms with van der Waals surface area (Å²) in [5, 5.41) is 3.99. The fraction of sp³-hybridized carbons (Fsp3) is 0.323. The minimum atomic E-state index is -0.930. The Bertz CT molecular complexity index is 1610. The van der Waals surface area contributed by atoms with Crippen LogP contribution in [0.15, 0.2) is 80.5 Å². The van der Waals surface area contributed by atoms with E-state index in [1.807, 2.05) is 31.2 Å². The van der Waals surface area contributed by atoms with Gasteiger partial charge in [0.25, 0.3) is 0 Å². The Morgan fingerprint density at radius 3 is 2.77 bits per heavy atom. The first kappa shape index (κ1) is 28.1. The van der Waals surface area contributed by atoms with E-state index in [4.69, 9.17) is 25.5 Å². The zero-order valence-electron chi connectivity index (χ0n) is 22.5. The molecule has 0 radical (unpaired) electrons. The Hall–Kier alpha value is -3.49. The molecule has 2 aliphatic rings. The molecule has 3 aromatic rings. The second kappa shape index (κ2) is 11.9. The number of allylic oxidation sites excluding steroid dienone is 3. The average molecular weight is 580 g/mol. The summed E-state index contributed by atoms with van der Waals surface area (Å²) in [6, 6.07) is 12.5. The number of dihydropyridines is 1. The molecule has 208 valence electrons. The first-order valence-corrected chi connectivity index (χ1v) is 14.7. The number of hydrogen-bond acceptors (Lipinski definition) is 8. The van der Waals surface area contributed by atoms with Gasteiger partial charge >= 0.3 is 5.97 Å². The number of ketones is 1. The fourth-order valence-electron chi connectivity index (χ4n) is 5.48. The SMILES string of the molecule is CCSCCOC(=O)C1=C(C)NC2=C(C(=O)C[C@@H](c3cccc(OC)c3)C2)[C@H]1c1coc2ccc(Cl)cc2c1=O. The van der Waals surface area contributed by atoms with E-state index >= 15 is 0 Å². The Kier molecular flexibility index (Phi) is 8.38. The molecule has 0 spiro atoms. The van der Waals surface area contributed by atoms with Crippen molar-refractivity contribution in [3.05, 3.63) is 97.6 Å². The maximum atomic E-state index is 13.9. The zero-order chi connectivity index (χ0) is 28.4. The highest BCUT2D eigenvalue weighted by atomic mass is 35.5. The zero-order valence-corrected chi connectivity index (χ0v) is 24.1. The molecule has 5 rings (SSSR count). The second-order valence-corrected chi connectivity index (χ2v) is 11.6. The lowest BCUT2D eigenvalue weighted by Crippen LogP contribution is -2.37. The number of fused-ring (bicyclic) bond motifs is 1. The number of halogens is 1. The van der Waals surface area contributed by atoms with Gasteiger partial charge in [0.2, 0.25) is 0 Å². The van der Waals surface area contributed by atoms with E-state index in [0.29, 0.717) is 45.5 Å². The van der Waals surface area contributed by atoms with Gasteiger partial charge in [-0.1, -0.05) is 30.7 Å². The van der Waals surface area contributed by atoms with Gasteiger partial charge in [0.05, 0.1) is 30.3 Å². The highest BCUT2D eigenvalue weighted by molar-refractivity contribution is 7.99. The molecule has 1 N–H and O–H groups in total. The topological polar surface area (TPSA) is 94.8 Å². The third kappa shape index (κ3) is 5.43. The van der Waals surface area contributed by atoms with Gasteiger partial charge in [-0.25, -0.2) is 4.79 Å². The van der Waals surface area contributed by atoms with Crippen LogP contribution in [0, 0.1) is 0 Å². The second-order valence-electron chi connectivity index (χ2n) is 9.79. The lowest BCUT2D eigenvalue weighted by Gasteiger charge is -2.36. The summed E-state index contributed by atoms with van der Waals surface area (Å²) in [6.07, 6.45) is 2.11. The Morgan fingerprint density at radius 2 is 2.00 bits per heavy atom. The summed E-state index contributed by atoms with van der Waals surface area (Å²) in [5.74, 6) is 0.550. The van der Waals surface area contributed by atoms with Gasteiger partial charge < -0.3 is 19.2 Å². The fourth-order valence-corrected chi connectivity index (χ4v) is 6.15. The molecule has 0 fully saturated rings. The number of Topliss-reactive ketones (excluding diaryl/α,β-unsaturated/α-hetero) is 1. The van der Waals surface area contributed by atoms with Crippen molar-refractivity contribution in [1.29, 1.82) is 0 Å². The molecule has 7 nitrogen and oxygen atoms in total. The molecule has 0 bridgehead atoms. The maximum Gasteiger partial charge on any atom is 0.336 e. The minimum absolute atomic E-state index is 0.0892. The summed E-state index contributed by atoms with van der Waals surface area (Å²) in [5.41, 5.74) is 3.08. The van der Waals surface area contributed by atoms with Crippen molar-refractivity contribution in [2.24, 2.45) is 0 Å². The van der Waals surface area contributed by atoms with Crippen molar-refractivity contribution in [2.45, 2.75) is 38.5 Å². The molecule has 2 atom stereocenters. The van der Waals surface area contributed by atoms with E-state index in [1.165, 1.54) is 6.26 Å². The monoisotopic (exact) mass is 579 g/mol. The van der Waals surface area contributed by atoms with Crippen LogP contribution >= 0.6 is 23.4 Å². The molecule has 2 heterocycles. The standard InChI is InChI=1S/C31H30ClNO6S/c1-4-40-11-10-38-31(36)27-17(2)33-24-13-19(18-6-5-7-21(12-18)37-3)14-25(34)29(24)28(27)23-16-39-26-9-8-20(32)15-22(26)30(23)35/h5-9,12,15-16,19,28,33H,4,10-11,13-14H2,1-3H3/t19-,28-/m0/s1. The van der Waals surface area contributed by atoms with Gasteiger partial charge in [-0.3, -0.25) is 9.59 Å². The normalized spacial score (nSPS) is 18.9. The molecule has 40 heavy (non-hydrogen) atoms. The van der Waals surface area contributed by atoms with Crippen LogP contribution in [0.5, 0.6) is 5.75 Å². The summed E-state index contributed by atoms with van der Waals surface area (Å²) in [7, 11) is 1.61. The lowest BCUT2D eigenvalue weighted by atomic mass is 9.72. The summed E-state index contributed by atoms with van der Waals surface area (Å²) >= 11 is 7.86. The number of esters is 1. The summed E-state index contributed by atoms with van der Waals surface area (Å²) in [6.45, 7) is 4.03. The highest BCUT2D eigenvalue weighted by Gasteiger charge is 2.43. The van der Waals surface area contributed by atoms with Crippen LogP contribution in [0.25, 0.3) is 11.0 Å². The van der Waals surface area contributed by atoms with Crippen molar-refractivity contribution < 1.29 is 23.5 Å². The molecule has 1 aliphatic carbocycles. The number of benzene rings is 2. The largest absolute Gasteiger partial charge is 0.497 e. The molecule has 2 aromatic carbocycles. The summed E-state index contributed by atoms with van der Waals surface area (Å²) in [4.78, 5) is 41.2. The predicted molar refractivity (Wildman–Crippen MR) is 157 cm³/mol. The molecular formula is C31H30ClNO6S. The third-order valence-electron chi connectivity index (χ3n) is 7.35. The number of carbonyl (C=O) groups is 2. The van der Waals surface area contributed by atoms with Gasteiger partial charge in [-0.05, 0) is 60.9 Å². The first-order chi connectivity index (χ1) is 19.3. The molecule has 0 saturated heterocycles. The van der Waals surface area contributed by atoms with E-state index in [-0.39, 0.29) is 46.7 Å². The van der Waals surface area contributed by atoms with Crippen molar-refractivity contribution >= 4 is 46.1 Å². The average Bonchev–Trinajstić information content (AvgIpc) is 2.95. The van der Waals surface area contributed by atoms with Crippen LogP contribution in [0.3, 0.4) is 0 Å². The highest BCUT2D eigenvalue weighted by Crippen LogP contribution is 2.45. The van der Waals surface area contributed by atoms with Crippen LogP contribution in [0.2, 0.25) is 5.02 Å². The van der Waals surface area contributed by atoms with Crippen LogP contribution < -0.4 is 15.5 Å². The Morgan fingerprint density at radius 1 is 1.18 bits per heavy atom. The van der Waals surface area contributed by atoms with Gasteiger partial charge in [-0.15, -0.1) is 0 Å². The van der Waals surface area contributed by atoms with Gasteiger partial charge in [0.1, 0.15) is 17.9 Å². The number of ether oxygens (including phenoxy) is 2. The number of thioether (sulfide) groups is 1. The van der Waals surface area contributed by atoms with Crippen LogP contribution in [-0.4, -0.2) is 37.0 Å². The number of rotatable bonds is 8. The molecule has 1 aromatic heterocycles. The van der Waals surface area contributed by atoms with E-state index in [9.17, 15) is 14.4 Å². The smallest absolute Gasteiger partial charge is 0.336 e. The summed E-state index contributed by atoms with van der Waals surface area (Å²) < 4.78 is 16.8. The Balaban J connectivity index is 1.61. The number of methoxy groups -OCH3 is 1. The van der Waals surface area contributed by atoms with E-state index in [1.54, 1.807) is 44.0 Å². The first-order valence-electron chi connectivity index (χ1n) is 13.2. The minimum Gasteiger partial charge on any atom is -0.497 e. The van der Waals surface area contributed by atoms with Crippen LogP contribution in [-0.2, 0) is 14.3 Å². The van der Waals surface area contributed by atoms with Gasteiger partial charge in [0.15, 0.2) is 11.2 Å². The van der Waals surface area contributed by atoms with E-state index in [2.05, 4.69) is 5.32 Å². The molecule has 0 unspecified atom stereocenters.